The molecule has 1 aromatic heterocycles. The molecule has 19 heavy (non-hydrogen) atoms. The van der Waals surface area contributed by atoms with Gasteiger partial charge in [-0.25, -0.2) is 9.59 Å². The van der Waals surface area contributed by atoms with Crippen molar-refractivity contribution >= 4 is 12.0 Å². The van der Waals surface area contributed by atoms with Gasteiger partial charge in [-0.3, -0.25) is 4.68 Å². The summed E-state index contributed by atoms with van der Waals surface area (Å²) in [7, 11) is 1.78. The molecule has 0 aromatic carbocycles. The second kappa shape index (κ2) is 6.77. The van der Waals surface area contributed by atoms with Crippen molar-refractivity contribution in [3.8, 4) is 0 Å². The second-order valence-electron chi connectivity index (χ2n) is 4.83. The summed E-state index contributed by atoms with van der Waals surface area (Å²) in [5.74, 6) is -0.834. The van der Waals surface area contributed by atoms with Gasteiger partial charge in [0.25, 0.3) is 0 Å². The molecule has 7 heteroatoms. The molecule has 0 radical (unpaired) electrons. The molecule has 106 valence electrons. The number of aromatic nitrogens is 2. The summed E-state index contributed by atoms with van der Waals surface area (Å²) in [6.07, 6.45) is 2.17. The number of rotatable bonds is 6. The summed E-state index contributed by atoms with van der Waals surface area (Å²) in [5.41, 5.74) is 0.716. The minimum absolute atomic E-state index is 0.192. The van der Waals surface area contributed by atoms with Gasteiger partial charge in [-0.15, -0.1) is 0 Å². The third-order valence-corrected chi connectivity index (χ3v) is 2.51. The van der Waals surface area contributed by atoms with Gasteiger partial charge in [0.2, 0.25) is 0 Å². The fourth-order valence-electron chi connectivity index (χ4n) is 1.63. The van der Waals surface area contributed by atoms with Crippen molar-refractivity contribution in [1.82, 2.24) is 20.4 Å². The van der Waals surface area contributed by atoms with Crippen LogP contribution >= 0.6 is 0 Å². The van der Waals surface area contributed by atoms with Gasteiger partial charge in [-0.1, -0.05) is 13.8 Å². The molecule has 0 spiro atoms. The summed E-state index contributed by atoms with van der Waals surface area (Å²) < 4.78 is 1.63. The Bertz CT molecular complexity index is 442. The van der Waals surface area contributed by atoms with Crippen molar-refractivity contribution < 1.29 is 14.7 Å². The van der Waals surface area contributed by atoms with E-state index < -0.39 is 18.0 Å². The van der Waals surface area contributed by atoms with Crippen LogP contribution < -0.4 is 10.6 Å². The normalized spacial score (nSPS) is 12.2. The Balaban J connectivity index is 2.42. The van der Waals surface area contributed by atoms with Gasteiger partial charge in [0.15, 0.2) is 0 Å². The SMILES string of the molecule is CC(C)CC(NC(=O)NCc1ccn(C)n1)C(=O)O. The molecule has 1 heterocycles. The van der Waals surface area contributed by atoms with E-state index in [0.717, 1.165) is 0 Å². The van der Waals surface area contributed by atoms with Crippen LogP contribution in [0.4, 0.5) is 4.79 Å². The first-order valence-electron chi connectivity index (χ1n) is 6.14. The Morgan fingerprint density at radius 2 is 2.16 bits per heavy atom. The largest absolute Gasteiger partial charge is 0.480 e. The van der Waals surface area contributed by atoms with E-state index in [1.54, 1.807) is 24.0 Å². The molecular weight excluding hydrogens is 248 g/mol. The van der Waals surface area contributed by atoms with Crippen LogP contribution in [0, 0.1) is 5.92 Å². The van der Waals surface area contributed by atoms with E-state index in [1.807, 2.05) is 13.8 Å². The molecule has 0 saturated carbocycles. The third-order valence-electron chi connectivity index (χ3n) is 2.51. The van der Waals surface area contributed by atoms with Gasteiger partial charge in [0, 0.05) is 13.2 Å². The number of carboxylic acid groups (broad SMARTS) is 1. The topological polar surface area (TPSA) is 96.3 Å². The van der Waals surface area contributed by atoms with Crippen LogP contribution in [0.1, 0.15) is 26.0 Å². The van der Waals surface area contributed by atoms with Crippen molar-refractivity contribution in [3.05, 3.63) is 18.0 Å². The number of aryl methyl sites for hydroxylation is 1. The zero-order valence-corrected chi connectivity index (χ0v) is 11.4. The molecule has 1 unspecified atom stereocenters. The monoisotopic (exact) mass is 268 g/mol. The van der Waals surface area contributed by atoms with Crippen LogP contribution in [0.3, 0.4) is 0 Å². The van der Waals surface area contributed by atoms with Crippen molar-refractivity contribution in [1.29, 1.82) is 0 Å². The maximum Gasteiger partial charge on any atom is 0.326 e. The summed E-state index contributed by atoms with van der Waals surface area (Å²) in [6.45, 7) is 4.08. The molecule has 1 aromatic rings. The summed E-state index contributed by atoms with van der Waals surface area (Å²) in [6, 6.07) is 0.408. The molecule has 1 atom stereocenters. The summed E-state index contributed by atoms with van der Waals surface area (Å²) in [4.78, 5) is 22.6. The number of nitrogens with zero attached hydrogens (tertiary/aromatic N) is 2. The van der Waals surface area contributed by atoms with Crippen LogP contribution in [0.15, 0.2) is 12.3 Å². The second-order valence-corrected chi connectivity index (χ2v) is 4.83. The number of hydrogen-bond donors (Lipinski definition) is 3. The lowest BCUT2D eigenvalue weighted by molar-refractivity contribution is -0.139. The van der Waals surface area contributed by atoms with E-state index in [-0.39, 0.29) is 12.5 Å². The highest BCUT2D eigenvalue weighted by molar-refractivity contribution is 5.82. The zero-order valence-electron chi connectivity index (χ0n) is 11.4. The number of carboxylic acids is 1. The van der Waals surface area contributed by atoms with E-state index in [1.165, 1.54) is 0 Å². The molecular formula is C12H20N4O3. The maximum absolute atomic E-state index is 11.6. The Morgan fingerprint density at radius 1 is 1.47 bits per heavy atom. The Kier molecular flexibility index (Phi) is 5.35. The van der Waals surface area contributed by atoms with Gasteiger partial charge in [0.1, 0.15) is 6.04 Å². The van der Waals surface area contributed by atoms with Crippen LogP contribution in [-0.2, 0) is 18.4 Å². The Hall–Kier alpha value is -2.05. The summed E-state index contributed by atoms with van der Waals surface area (Å²) >= 11 is 0. The van der Waals surface area contributed by atoms with Gasteiger partial charge in [-0.2, -0.15) is 5.10 Å². The van der Waals surface area contributed by atoms with E-state index in [2.05, 4.69) is 15.7 Å². The lowest BCUT2D eigenvalue weighted by atomic mass is 10.0. The molecule has 1 rings (SSSR count). The standard InChI is InChI=1S/C12H20N4O3/c1-8(2)6-10(11(17)18)14-12(19)13-7-9-4-5-16(3)15-9/h4-5,8,10H,6-7H2,1-3H3,(H,17,18)(H2,13,14,19). The van der Waals surface area contributed by atoms with E-state index in [9.17, 15) is 9.59 Å². The van der Waals surface area contributed by atoms with Crippen molar-refractivity contribution in [2.75, 3.05) is 0 Å². The minimum Gasteiger partial charge on any atom is -0.480 e. The highest BCUT2D eigenvalue weighted by Gasteiger charge is 2.20. The van der Waals surface area contributed by atoms with Crippen molar-refractivity contribution in [2.45, 2.75) is 32.9 Å². The number of nitrogens with one attached hydrogen (secondary N) is 2. The summed E-state index contributed by atoms with van der Waals surface area (Å²) in [5, 5.41) is 18.1. The smallest absolute Gasteiger partial charge is 0.326 e. The molecule has 7 nitrogen and oxygen atoms in total. The maximum atomic E-state index is 11.6. The fourth-order valence-corrected chi connectivity index (χ4v) is 1.63. The van der Waals surface area contributed by atoms with E-state index in [4.69, 9.17) is 5.11 Å². The van der Waals surface area contributed by atoms with Gasteiger partial charge in [0.05, 0.1) is 12.2 Å². The van der Waals surface area contributed by atoms with Crippen LogP contribution in [0.2, 0.25) is 0 Å². The van der Waals surface area contributed by atoms with Crippen LogP contribution in [0.25, 0.3) is 0 Å². The predicted molar refractivity (Wildman–Crippen MR) is 69.5 cm³/mol. The van der Waals surface area contributed by atoms with Crippen molar-refractivity contribution in [3.63, 3.8) is 0 Å². The highest BCUT2D eigenvalue weighted by Crippen LogP contribution is 2.04. The minimum atomic E-state index is -1.03. The molecule has 0 aliphatic heterocycles. The average molecular weight is 268 g/mol. The average Bonchev–Trinajstić information content (AvgIpc) is 2.71. The van der Waals surface area contributed by atoms with Gasteiger partial charge in [-0.05, 0) is 18.4 Å². The van der Waals surface area contributed by atoms with Crippen molar-refractivity contribution in [2.24, 2.45) is 13.0 Å². The first-order valence-corrected chi connectivity index (χ1v) is 6.14. The van der Waals surface area contributed by atoms with Gasteiger partial charge >= 0.3 is 12.0 Å². The zero-order chi connectivity index (χ0) is 14.4. The van der Waals surface area contributed by atoms with Crippen LogP contribution in [0.5, 0.6) is 0 Å². The fraction of sp³-hybridized carbons (Fsp3) is 0.583. The number of carbonyl (C=O) groups is 2. The molecule has 3 N–H and O–H groups in total. The number of hydrogen-bond acceptors (Lipinski definition) is 3. The lowest BCUT2D eigenvalue weighted by Crippen LogP contribution is -2.46. The molecule has 0 fully saturated rings. The van der Waals surface area contributed by atoms with E-state index >= 15 is 0 Å². The molecule has 0 aliphatic rings. The van der Waals surface area contributed by atoms with E-state index in [0.29, 0.717) is 12.1 Å². The van der Waals surface area contributed by atoms with Gasteiger partial charge < -0.3 is 15.7 Å². The highest BCUT2D eigenvalue weighted by atomic mass is 16.4. The number of carbonyl (C=O) groups excluding carboxylic acids is 1. The number of amides is 2. The number of aliphatic carboxylic acids is 1. The molecule has 2 amide bonds. The predicted octanol–water partition coefficient (Wildman–Crippen LogP) is 0.719. The Morgan fingerprint density at radius 3 is 2.63 bits per heavy atom. The molecule has 0 bridgehead atoms. The third kappa shape index (κ3) is 5.41. The lowest BCUT2D eigenvalue weighted by Gasteiger charge is -2.16. The van der Waals surface area contributed by atoms with Crippen LogP contribution in [-0.4, -0.2) is 32.9 Å². The Labute approximate surface area is 112 Å². The quantitative estimate of drug-likeness (QED) is 0.708. The molecule has 0 saturated heterocycles. The number of urea groups is 1. The first-order chi connectivity index (χ1) is 8.88. The molecule has 0 aliphatic carbocycles. The first kappa shape index (κ1) is 15.0.